The highest BCUT2D eigenvalue weighted by Crippen LogP contribution is 2.22. The molecule has 2 aromatic carbocycles. The molecule has 2 aliphatic rings. The molecule has 2 saturated heterocycles. The minimum Gasteiger partial charge on any atom is -0.365 e. The monoisotopic (exact) mass is 420 g/mol. The Morgan fingerprint density at radius 2 is 1.65 bits per heavy atom. The second-order valence-electron chi connectivity index (χ2n) is 8.84. The first-order chi connectivity index (χ1) is 14.9. The summed E-state index contributed by atoms with van der Waals surface area (Å²) in [4.78, 5) is 33.6. The largest absolute Gasteiger partial charge is 0.365 e. The van der Waals surface area contributed by atoms with E-state index >= 15 is 0 Å². The smallest absolute Gasteiger partial charge is 0.320 e. The molecular weight excluding hydrogens is 388 g/mol. The summed E-state index contributed by atoms with van der Waals surface area (Å²) in [5.74, 6) is 0.0431. The van der Waals surface area contributed by atoms with Gasteiger partial charge in [-0.1, -0.05) is 42.0 Å². The van der Waals surface area contributed by atoms with Gasteiger partial charge in [-0.15, -0.1) is 0 Å². The summed E-state index contributed by atoms with van der Waals surface area (Å²) >= 11 is 0. The number of benzene rings is 2. The molecule has 6 heteroatoms. The van der Waals surface area contributed by atoms with E-state index in [2.05, 4.69) is 62.1 Å². The number of hydrogen-bond acceptors (Lipinski definition) is 3. The topological polar surface area (TPSA) is 47.1 Å². The molecule has 0 radical (unpaired) electrons. The molecule has 0 bridgehead atoms. The van der Waals surface area contributed by atoms with E-state index in [-0.39, 0.29) is 24.5 Å². The number of urea groups is 1. The van der Waals surface area contributed by atoms with Gasteiger partial charge in [0.15, 0.2) is 0 Å². The lowest BCUT2D eigenvalue weighted by Crippen LogP contribution is -2.55. The molecule has 164 valence electrons. The van der Waals surface area contributed by atoms with Gasteiger partial charge in [-0.25, -0.2) is 4.79 Å². The zero-order valence-electron chi connectivity index (χ0n) is 18.8. The molecule has 0 N–H and O–H groups in total. The first-order valence-electron chi connectivity index (χ1n) is 11.1. The van der Waals surface area contributed by atoms with Gasteiger partial charge in [-0.05, 0) is 44.0 Å². The van der Waals surface area contributed by atoms with Crippen LogP contribution < -0.4 is 4.90 Å². The lowest BCUT2D eigenvalue weighted by Gasteiger charge is -2.41. The summed E-state index contributed by atoms with van der Waals surface area (Å²) in [6, 6.07) is 16.9. The zero-order chi connectivity index (χ0) is 22.0. The van der Waals surface area contributed by atoms with Crippen LogP contribution in [0.2, 0.25) is 0 Å². The summed E-state index contributed by atoms with van der Waals surface area (Å²) in [5, 5.41) is 0. The molecule has 0 saturated carbocycles. The van der Waals surface area contributed by atoms with Crippen molar-refractivity contribution in [3.63, 3.8) is 0 Å². The fraction of sp³-hybridized carbons (Fsp3) is 0.440. The Labute approximate surface area is 185 Å². The maximum atomic E-state index is 12.9. The van der Waals surface area contributed by atoms with Crippen molar-refractivity contribution >= 4 is 17.6 Å². The highest BCUT2D eigenvalue weighted by atomic mass is 16.2. The molecule has 2 heterocycles. The number of aryl methyl sites for hydroxylation is 2. The Morgan fingerprint density at radius 1 is 0.935 bits per heavy atom. The molecule has 2 aliphatic heterocycles. The Bertz CT molecular complexity index is 960. The second-order valence-corrected chi connectivity index (χ2v) is 8.84. The molecule has 1 atom stereocenters. The standard InChI is InChI=1S/C25H32N4O2/c1-19-6-4-8-22(14-19)17-27-10-11-28(25(27)31)18-24(30)26-12-13-29(21(3)16-26)23-9-5-7-20(2)15-23/h4-9,14-15,21H,10-13,16-18H2,1-3H3/t21-/m1/s1. The molecule has 4 rings (SSSR count). The molecule has 2 fully saturated rings. The first-order valence-corrected chi connectivity index (χ1v) is 11.1. The molecule has 6 nitrogen and oxygen atoms in total. The van der Waals surface area contributed by atoms with Gasteiger partial charge in [0.1, 0.15) is 6.54 Å². The summed E-state index contributed by atoms with van der Waals surface area (Å²) < 4.78 is 0. The average Bonchev–Trinajstić information content (AvgIpc) is 3.07. The van der Waals surface area contributed by atoms with Gasteiger partial charge in [-0.2, -0.15) is 0 Å². The third-order valence-electron chi connectivity index (χ3n) is 6.28. The van der Waals surface area contributed by atoms with Crippen molar-refractivity contribution in [2.75, 3.05) is 44.2 Å². The minimum absolute atomic E-state index is 0.0405. The van der Waals surface area contributed by atoms with Crippen LogP contribution in [0.25, 0.3) is 0 Å². The normalized spacial score (nSPS) is 19.3. The number of piperazine rings is 1. The van der Waals surface area contributed by atoms with Crippen LogP contribution in [-0.2, 0) is 11.3 Å². The molecule has 31 heavy (non-hydrogen) atoms. The molecule has 0 unspecified atom stereocenters. The maximum absolute atomic E-state index is 12.9. The van der Waals surface area contributed by atoms with Crippen molar-refractivity contribution in [1.82, 2.24) is 14.7 Å². The minimum atomic E-state index is -0.0405. The summed E-state index contributed by atoms with van der Waals surface area (Å²) in [7, 11) is 0. The number of rotatable bonds is 5. The first kappa shape index (κ1) is 21.2. The quantitative estimate of drug-likeness (QED) is 0.746. The Morgan fingerprint density at radius 3 is 2.35 bits per heavy atom. The van der Waals surface area contributed by atoms with E-state index < -0.39 is 0 Å². The predicted octanol–water partition coefficient (Wildman–Crippen LogP) is 3.28. The van der Waals surface area contributed by atoms with Crippen molar-refractivity contribution in [2.45, 2.75) is 33.4 Å². The average molecular weight is 421 g/mol. The summed E-state index contributed by atoms with van der Waals surface area (Å²) in [5.41, 5.74) is 4.77. The number of amides is 3. The summed E-state index contributed by atoms with van der Waals surface area (Å²) in [6.45, 7) is 10.5. The highest BCUT2D eigenvalue weighted by Gasteiger charge is 2.33. The molecule has 0 aromatic heterocycles. The van der Waals surface area contributed by atoms with Crippen molar-refractivity contribution in [3.05, 3.63) is 65.2 Å². The Kier molecular flexibility index (Phi) is 6.16. The van der Waals surface area contributed by atoms with Crippen LogP contribution in [0, 0.1) is 13.8 Å². The SMILES string of the molecule is Cc1cccc(CN2CCN(CC(=O)N3CCN(c4cccc(C)c4)[C@H](C)C3)C2=O)c1. The lowest BCUT2D eigenvalue weighted by molar-refractivity contribution is -0.132. The van der Waals surface area contributed by atoms with Gasteiger partial charge in [0, 0.05) is 51.0 Å². The predicted molar refractivity (Wildman–Crippen MR) is 123 cm³/mol. The number of carbonyl (C=O) groups excluding carboxylic acids is 2. The van der Waals surface area contributed by atoms with Crippen LogP contribution in [0.4, 0.5) is 10.5 Å². The third kappa shape index (κ3) is 4.84. The van der Waals surface area contributed by atoms with Crippen molar-refractivity contribution < 1.29 is 9.59 Å². The van der Waals surface area contributed by atoms with Gasteiger partial charge in [0.25, 0.3) is 0 Å². The second kappa shape index (κ2) is 9.00. The molecule has 0 aliphatic carbocycles. The third-order valence-corrected chi connectivity index (χ3v) is 6.28. The van der Waals surface area contributed by atoms with Crippen LogP contribution in [0.15, 0.2) is 48.5 Å². The molecule has 3 amide bonds. The summed E-state index contributed by atoms with van der Waals surface area (Å²) in [6.07, 6.45) is 0. The van der Waals surface area contributed by atoms with Gasteiger partial charge in [-0.3, -0.25) is 4.79 Å². The van der Waals surface area contributed by atoms with E-state index in [1.54, 1.807) is 4.90 Å². The lowest BCUT2D eigenvalue weighted by atomic mass is 10.1. The van der Waals surface area contributed by atoms with Crippen LogP contribution in [0.1, 0.15) is 23.6 Å². The van der Waals surface area contributed by atoms with Crippen LogP contribution in [0.3, 0.4) is 0 Å². The highest BCUT2D eigenvalue weighted by molar-refractivity contribution is 5.85. The molecule has 2 aromatic rings. The van der Waals surface area contributed by atoms with Gasteiger partial charge >= 0.3 is 6.03 Å². The van der Waals surface area contributed by atoms with Crippen molar-refractivity contribution in [2.24, 2.45) is 0 Å². The number of hydrogen-bond donors (Lipinski definition) is 0. The van der Waals surface area contributed by atoms with Crippen LogP contribution >= 0.6 is 0 Å². The van der Waals surface area contributed by atoms with Crippen molar-refractivity contribution in [3.8, 4) is 0 Å². The van der Waals surface area contributed by atoms with Crippen LogP contribution in [-0.4, -0.2) is 71.9 Å². The molecular formula is C25H32N4O2. The fourth-order valence-corrected chi connectivity index (χ4v) is 4.59. The number of anilines is 1. The van der Waals surface area contributed by atoms with E-state index in [9.17, 15) is 9.59 Å². The van der Waals surface area contributed by atoms with E-state index in [4.69, 9.17) is 0 Å². The van der Waals surface area contributed by atoms with E-state index in [0.717, 1.165) is 12.1 Å². The Balaban J connectivity index is 1.31. The zero-order valence-corrected chi connectivity index (χ0v) is 18.8. The maximum Gasteiger partial charge on any atom is 0.320 e. The van der Waals surface area contributed by atoms with Gasteiger partial charge in [0.05, 0.1) is 0 Å². The number of carbonyl (C=O) groups is 2. The van der Waals surface area contributed by atoms with Gasteiger partial charge in [0.2, 0.25) is 5.91 Å². The van der Waals surface area contributed by atoms with Gasteiger partial charge < -0.3 is 19.6 Å². The van der Waals surface area contributed by atoms with Crippen LogP contribution in [0.5, 0.6) is 0 Å². The number of nitrogens with zero attached hydrogens (tertiary/aromatic N) is 4. The van der Waals surface area contributed by atoms with E-state index in [1.807, 2.05) is 21.9 Å². The molecule has 0 spiro atoms. The Hall–Kier alpha value is -3.02. The van der Waals surface area contributed by atoms with Crippen molar-refractivity contribution in [1.29, 1.82) is 0 Å². The fourth-order valence-electron chi connectivity index (χ4n) is 4.59. The van der Waals surface area contributed by atoms with E-state index in [1.165, 1.54) is 16.8 Å². The van der Waals surface area contributed by atoms with E-state index in [0.29, 0.717) is 32.7 Å².